The number of amides is 1. The molecule has 9 heteroatoms. The first-order chi connectivity index (χ1) is 15.5. The molecule has 5 rings (SSSR count). The molecule has 2 atom stereocenters. The zero-order valence-corrected chi connectivity index (χ0v) is 19.1. The first kappa shape index (κ1) is 20.8. The van der Waals surface area contributed by atoms with Gasteiger partial charge in [-0.15, -0.1) is 0 Å². The molecule has 2 aromatic carbocycles. The highest BCUT2D eigenvalue weighted by Gasteiger charge is 2.26. The lowest BCUT2D eigenvalue weighted by Crippen LogP contribution is -2.54. The smallest absolute Gasteiger partial charge is 0.274 e. The molecular formula is C23H26N4O4S. The summed E-state index contributed by atoms with van der Waals surface area (Å²) < 4.78 is 17.6. The summed E-state index contributed by atoms with van der Waals surface area (Å²) in [6, 6.07) is 10.0. The first-order valence-corrected chi connectivity index (χ1v) is 11.5. The summed E-state index contributed by atoms with van der Waals surface area (Å²) in [4.78, 5) is 20.2. The Kier molecular flexibility index (Phi) is 5.52. The van der Waals surface area contributed by atoms with E-state index in [1.807, 2.05) is 18.2 Å². The number of benzene rings is 2. The van der Waals surface area contributed by atoms with E-state index in [9.17, 15) is 4.79 Å². The van der Waals surface area contributed by atoms with E-state index in [-0.39, 0.29) is 5.91 Å². The monoisotopic (exact) mass is 454 g/mol. The molecule has 1 amide bonds. The average Bonchev–Trinajstić information content (AvgIpc) is 3.22. The van der Waals surface area contributed by atoms with Gasteiger partial charge in [0.05, 0.1) is 23.1 Å². The SMILES string of the molecule is COc1nc2c(C(=O)Nc3ccc4c(c3)OCCO4)ccc(N3C[C@H](C)N[C@@H](C)C3)c2s1. The number of methoxy groups -OCH3 is 1. The molecular weight excluding hydrogens is 428 g/mol. The summed E-state index contributed by atoms with van der Waals surface area (Å²) >= 11 is 1.46. The molecule has 2 aliphatic rings. The number of ether oxygens (including phenoxy) is 3. The van der Waals surface area contributed by atoms with Gasteiger partial charge in [0.2, 0.25) is 0 Å². The number of piperazine rings is 1. The van der Waals surface area contributed by atoms with E-state index < -0.39 is 0 Å². The molecule has 1 saturated heterocycles. The Balaban J connectivity index is 1.48. The number of thiazole rings is 1. The number of nitrogens with one attached hydrogen (secondary N) is 2. The van der Waals surface area contributed by atoms with Gasteiger partial charge in [-0.3, -0.25) is 4.79 Å². The molecule has 3 aromatic rings. The fraction of sp³-hybridized carbons (Fsp3) is 0.391. The van der Waals surface area contributed by atoms with Crippen LogP contribution in [0.1, 0.15) is 24.2 Å². The molecule has 0 radical (unpaired) electrons. The van der Waals surface area contributed by atoms with Gasteiger partial charge in [-0.25, -0.2) is 4.98 Å². The maximum Gasteiger partial charge on any atom is 0.274 e. The van der Waals surface area contributed by atoms with Gasteiger partial charge in [-0.2, -0.15) is 0 Å². The van der Waals surface area contributed by atoms with Gasteiger partial charge in [-0.1, -0.05) is 11.3 Å². The van der Waals surface area contributed by atoms with E-state index in [0.717, 1.165) is 23.5 Å². The maximum atomic E-state index is 13.2. The Morgan fingerprint density at radius 3 is 2.66 bits per heavy atom. The normalized spacial score (nSPS) is 20.3. The summed E-state index contributed by atoms with van der Waals surface area (Å²) in [5, 5.41) is 7.07. The van der Waals surface area contributed by atoms with Crippen molar-refractivity contribution in [3.05, 3.63) is 35.9 Å². The molecule has 2 N–H and O–H groups in total. The molecule has 0 aliphatic carbocycles. The lowest BCUT2D eigenvalue weighted by atomic mass is 10.1. The van der Waals surface area contributed by atoms with Gasteiger partial charge in [0, 0.05) is 36.9 Å². The fourth-order valence-electron chi connectivity index (χ4n) is 4.34. The Hall–Kier alpha value is -3.04. The second-order valence-electron chi connectivity index (χ2n) is 8.18. The summed E-state index contributed by atoms with van der Waals surface area (Å²) in [6.45, 7) is 7.17. The van der Waals surface area contributed by atoms with Gasteiger partial charge in [0.25, 0.3) is 11.1 Å². The minimum absolute atomic E-state index is 0.228. The van der Waals surface area contributed by atoms with Crippen LogP contribution in [-0.4, -0.2) is 56.4 Å². The summed E-state index contributed by atoms with van der Waals surface area (Å²) in [7, 11) is 1.60. The number of aromatic nitrogens is 1. The molecule has 0 bridgehead atoms. The minimum Gasteiger partial charge on any atom is -0.486 e. The zero-order valence-electron chi connectivity index (χ0n) is 18.3. The van der Waals surface area contributed by atoms with E-state index in [4.69, 9.17) is 14.2 Å². The summed E-state index contributed by atoms with van der Waals surface area (Å²) in [6.07, 6.45) is 0. The lowest BCUT2D eigenvalue weighted by molar-refractivity contribution is 0.102. The molecule has 32 heavy (non-hydrogen) atoms. The van der Waals surface area contributed by atoms with Crippen molar-refractivity contribution in [3.8, 4) is 16.7 Å². The molecule has 0 spiro atoms. The lowest BCUT2D eigenvalue weighted by Gasteiger charge is -2.37. The van der Waals surface area contributed by atoms with Crippen molar-refractivity contribution in [1.82, 2.24) is 10.3 Å². The number of rotatable bonds is 4. The van der Waals surface area contributed by atoms with Crippen molar-refractivity contribution in [2.24, 2.45) is 0 Å². The summed E-state index contributed by atoms with van der Waals surface area (Å²) in [5.41, 5.74) is 2.88. The largest absolute Gasteiger partial charge is 0.486 e. The molecule has 0 unspecified atom stereocenters. The first-order valence-electron chi connectivity index (χ1n) is 10.7. The second-order valence-corrected chi connectivity index (χ2v) is 9.14. The Labute approximate surface area is 190 Å². The van der Waals surface area contributed by atoms with Crippen molar-refractivity contribution in [3.63, 3.8) is 0 Å². The van der Waals surface area contributed by atoms with E-state index >= 15 is 0 Å². The number of anilines is 2. The molecule has 2 aliphatic heterocycles. The number of hydrogen-bond acceptors (Lipinski definition) is 8. The highest BCUT2D eigenvalue weighted by molar-refractivity contribution is 7.21. The predicted octanol–water partition coefficient (Wildman–Crippen LogP) is 3.52. The van der Waals surface area contributed by atoms with Crippen molar-refractivity contribution in [2.75, 3.05) is 43.6 Å². The number of fused-ring (bicyclic) bond motifs is 2. The van der Waals surface area contributed by atoms with Gasteiger partial charge in [-0.05, 0) is 38.1 Å². The van der Waals surface area contributed by atoms with Crippen LogP contribution in [0.15, 0.2) is 30.3 Å². The van der Waals surface area contributed by atoms with E-state index in [2.05, 4.69) is 34.4 Å². The van der Waals surface area contributed by atoms with Crippen LogP contribution in [0.25, 0.3) is 10.2 Å². The third-order valence-electron chi connectivity index (χ3n) is 5.62. The van der Waals surface area contributed by atoms with Gasteiger partial charge < -0.3 is 29.7 Å². The molecule has 1 fully saturated rings. The second kappa shape index (κ2) is 8.48. The molecule has 1 aromatic heterocycles. The number of carbonyl (C=O) groups is 1. The maximum absolute atomic E-state index is 13.2. The molecule has 0 saturated carbocycles. The third-order valence-corrected chi connectivity index (χ3v) is 6.66. The van der Waals surface area contributed by atoms with Crippen LogP contribution in [-0.2, 0) is 0 Å². The zero-order chi connectivity index (χ0) is 22.2. The average molecular weight is 455 g/mol. The van der Waals surface area contributed by atoms with Crippen LogP contribution in [0, 0.1) is 0 Å². The van der Waals surface area contributed by atoms with Crippen LogP contribution >= 0.6 is 11.3 Å². The van der Waals surface area contributed by atoms with E-state index in [1.54, 1.807) is 19.2 Å². The molecule has 168 valence electrons. The number of hydrogen-bond donors (Lipinski definition) is 2. The minimum atomic E-state index is -0.228. The van der Waals surface area contributed by atoms with Crippen molar-refractivity contribution < 1.29 is 19.0 Å². The Morgan fingerprint density at radius 2 is 1.91 bits per heavy atom. The van der Waals surface area contributed by atoms with Gasteiger partial charge >= 0.3 is 0 Å². The van der Waals surface area contributed by atoms with Crippen molar-refractivity contribution in [2.45, 2.75) is 25.9 Å². The number of carbonyl (C=O) groups excluding carboxylic acids is 1. The highest BCUT2D eigenvalue weighted by atomic mass is 32.1. The van der Waals surface area contributed by atoms with E-state index in [0.29, 0.717) is 58.8 Å². The van der Waals surface area contributed by atoms with Crippen LogP contribution in [0.2, 0.25) is 0 Å². The number of nitrogens with zero attached hydrogens (tertiary/aromatic N) is 2. The molecule has 3 heterocycles. The van der Waals surface area contributed by atoms with Crippen LogP contribution in [0.3, 0.4) is 0 Å². The van der Waals surface area contributed by atoms with Crippen LogP contribution in [0.4, 0.5) is 11.4 Å². The van der Waals surface area contributed by atoms with Crippen LogP contribution < -0.4 is 29.7 Å². The standard InChI is InChI=1S/C23H26N4O4S/c1-13-11-27(12-14(2)24-13)17-6-5-16(20-21(17)32-23(26-20)29-3)22(28)25-15-4-7-18-19(10-15)31-9-8-30-18/h4-7,10,13-14,24H,8-9,11-12H2,1-3H3,(H,25,28)/t13-,14-/m0/s1. The van der Waals surface area contributed by atoms with Gasteiger partial charge in [0.1, 0.15) is 18.7 Å². The predicted molar refractivity (Wildman–Crippen MR) is 126 cm³/mol. The van der Waals surface area contributed by atoms with Gasteiger partial charge in [0.15, 0.2) is 11.5 Å². The Bertz CT molecular complexity index is 1150. The topological polar surface area (TPSA) is 85.0 Å². The quantitative estimate of drug-likeness (QED) is 0.624. The summed E-state index contributed by atoms with van der Waals surface area (Å²) in [5.74, 6) is 1.09. The van der Waals surface area contributed by atoms with Crippen molar-refractivity contribution >= 4 is 38.8 Å². The third kappa shape index (κ3) is 3.93. The van der Waals surface area contributed by atoms with E-state index in [1.165, 1.54) is 11.3 Å². The highest BCUT2D eigenvalue weighted by Crippen LogP contribution is 2.38. The van der Waals surface area contributed by atoms with Crippen molar-refractivity contribution in [1.29, 1.82) is 0 Å². The molecule has 8 nitrogen and oxygen atoms in total. The Morgan fingerprint density at radius 1 is 1.16 bits per heavy atom. The van der Waals surface area contributed by atoms with Crippen LogP contribution in [0.5, 0.6) is 16.7 Å². The fourth-order valence-corrected chi connectivity index (χ4v) is 5.29.